The summed E-state index contributed by atoms with van der Waals surface area (Å²) in [6, 6.07) is 25.9. The Morgan fingerprint density at radius 1 is 0.850 bits per heavy atom. The first-order valence-electron chi connectivity index (χ1n) is 14.1. The molecule has 7 heteroatoms. The second-order valence-electron chi connectivity index (χ2n) is 10.8. The van der Waals surface area contributed by atoms with Gasteiger partial charge in [0.15, 0.2) is 0 Å². The maximum absolute atomic E-state index is 13.4. The van der Waals surface area contributed by atoms with E-state index in [0.29, 0.717) is 6.54 Å². The van der Waals surface area contributed by atoms with E-state index in [1.807, 2.05) is 54.6 Å². The minimum atomic E-state index is -0.932. The van der Waals surface area contributed by atoms with E-state index in [2.05, 4.69) is 29.6 Å². The molecule has 2 aliphatic rings. The van der Waals surface area contributed by atoms with Gasteiger partial charge in [-0.2, -0.15) is 0 Å². The van der Waals surface area contributed by atoms with Crippen molar-refractivity contribution in [2.45, 2.75) is 57.0 Å². The summed E-state index contributed by atoms with van der Waals surface area (Å²) in [6.07, 6.45) is 3.29. The van der Waals surface area contributed by atoms with E-state index in [4.69, 9.17) is 4.74 Å². The summed E-state index contributed by atoms with van der Waals surface area (Å²) in [5, 5.41) is 12.3. The van der Waals surface area contributed by atoms with Crippen molar-refractivity contribution in [3.63, 3.8) is 0 Å². The standard InChI is InChI=1S/C33H36N2O5/c36-31(35(19-18-32(37)38)21-23-10-2-1-3-11-23)20-24-12-4-9-17-30(24)34-33(39)40-22-29-27-15-7-5-13-25(27)26-14-6-8-16-28(26)29/h1-3,5-8,10-11,13-16,24,29-30H,4,9,12,17-22H2,(H,34,39)(H,37,38)/t24-,30-/m1/s1. The van der Waals surface area contributed by atoms with Crippen LogP contribution in [0.3, 0.4) is 0 Å². The van der Waals surface area contributed by atoms with Crippen molar-refractivity contribution in [3.05, 3.63) is 95.6 Å². The van der Waals surface area contributed by atoms with Gasteiger partial charge < -0.3 is 20.1 Å². The van der Waals surface area contributed by atoms with Crippen molar-refractivity contribution in [1.82, 2.24) is 10.2 Å². The molecule has 7 nitrogen and oxygen atoms in total. The van der Waals surface area contributed by atoms with Crippen LogP contribution >= 0.6 is 0 Å². The summed E-state index contributed by atoms with van der Waals surface area (Å²) in [5.41, 5.74) is 5.65. The lowest BCUT2D eigenvalue weighted by Gasteiger charge is -2.33. The Labute approximate surface area is 235 Å². The number of amides is 2. The monoisotopic (exact) mass is 540 g/mol. The van der Waals surface area contributed by atoms with Gasteiger partial charge in [0.05, 0.1) is 6.42 Å². The van der Waals surface area contributed by atoms with Crippen LogP contribution in [0.1, 0.15) is 61.1 Å². The van der Waals surface area contributed by atoms with Crippen molar-refractivity contribution in [2.24, 2.45) is 5.92 Å². The van der Waals surface area contributed by atoms with Crippen molar-refractivity contribution in [2.75, 3.05) is 13.2 Å². The number of nitrogens with one attached hydrogen (secondary N) is 1. The third-order valence-corrected chi connectivity index (χ3v) is 8.16. The van der Waals surface area contributed by atoms with Crippen LogP contribution in [0.15, 0.2) is 78.9 Å². The van der Waals surface area contributed by atoms with Crippen molar-refractivity contribution in [1.29, 1.82) is 0 Å². The Hall–Kier alpha value is -4.13. The number of fused-ring (bicyclic) bond motifs is 3. The van der Waals surface area contributed by atoms with Gasteiger partial charge in [0.1, 0.15) is 6.61 Å². The van der Waals surface area contributed by atoms with Crippen LogP contribution in [0.25, 0.3) is 11.1 Å². The molecule has 0 saturated heterocycles. The number of aliphatic carboxylic acids is 1. The highest BCUT2D eigenvalue weighted by molar-refractivity contribution is 5.79. The molecule has 1 fully saturated rings. The highest BCUT2D eigenvalue weighted by Crippen LogP contribution is 2.44. The van der Waals surface area contributed by atoms with Gasteiger partial charge >= 0.3 is 12.1 Å². The van der Waals surface area contributed by atoms with Gasteiger partial charge in [0, 0.05) is 31.5 Å². The third kappa shape index (κ3) is 6.53. The lowest BCUT2D eigenvalue weighted by atomic mass is 9.82. The smallest absolute Gasteiger partial charge is 0.407 e. The Bertz CT molecular complexity index is 1300. The number of alkyl carbamates (subject to hydrolysis) is 1. The molecule has 2 atom stereocenters. The van der Waals surface area contributed by atoms with Gasteiger partial charge in [-0.25, -0.2) is 4.79 Å². The lowest BCUT2D eigenvalue weighted by Crippen LogP contribution is -2.45. The molecule has 0 bridgehead atoms. The molecule has 208 valence electrons. The lowest BCUT2D eigenvalue weighted by molar-refractivity contribution is -0.139. The molecule has 0 spiro atoms. The number of carboxylic acid groups (broad SMARTS) is 1. The minimum Gasteiger partial charge on any atom is -0.481 e. The summed E-state index contributed by atoms with van der Waals surface area (Å²) in [5.74, 6) is -1.05. The summed E-state index contributed by atoms with van der Waals surface area (Å²) in [6.45, 7) is 0.765. The van der Waals surface area contributed by atoms with Gasteiger partial charge in [-0.05, 0) is 46.6 Å². The van der Waals surface area contributed by atoms with Crippen molar-refractivity contribution < 1.29 is 24.2 Å². The van der Waals surface area contributed by atoms with E-state index in [-0.39, 0.29) is 49.8 Å². The molecular weight excluding hydrogens is 504 g/mol. The second-order valence-corrected chi connectivity index (χ2v) is 10.8. The quantitative estimate of drug-likeness (QED) is 0.330. The van der Waals surface area contributed by atoms with Crippen molar-refractivity contribution in [3.8, 4) is 11.1 Å². The fourth-order valence-electron chi connectivity index (χ4n) is 6.11. The summed E-state index contributed by atoms with van der Waals surface area (Å²) in [4.78, 5) is 39.2. The average molecular weight is 541 g/mol. The van der Waals surface area contributed by atoms with Crippen LogP contribution in [0.4, 0.5) is 4.79 Å². The maximum atomic E-state index is 13.4. The van der Waals surface area contributed by atoms with Crippen LogP contribution in [-0.4, -0.2) is 47.2 Å². The molecule has 2 aliphatic carbocycles. The van der Waals surface area contributed by atoms with E-state index in [9.17, 15) is 19.5 Å². The van der Waals surface area contributed by atoms with E-state index in [1.54, 1.807) is 4.90 Å². The van der Waals surface area contributed by atoms with Gasteiger partial charge in [0.25, 0.3) is 0 Å². The molecule has 0 aromatic heterocycles. The number of benzene rings is 3. The van der Waals surface area contributed by atoms with Gasteiger partial charge in [-0.1, -0.05) is 91.7 Å². The van der Waals surface area contributed by atoms with E-state index in [0.717, 1.165) is 42.4 Å². The predicted octanol–water partition coefficient (Wildman–Crippen LogP) is 5.98. The first kappa shape index (κ1) is 27.4. The summed E-state index contributed by atoms with van der Waals surface area (Å²) >= 11 is 0. The molecular formula is C33H36N2O5. The number of carboxylic acids is 1. The van der Waals surface area contributed by atoms with Crippen LogP contribution < -0.4 is 5.32 Å². The highest BCUT2D eigenvalue weighted by atomic mass is 16.5. The largest absolute Gasteiger partial charge is 0.481 e. The van der Waals surface area contributed by atoms with Gasteiger partial charge in [0.2, 0.25) is 5.91 Å². The first-order chi connectivity index (χ1) is 19.5. The third-order valence-electron chi connectivity index (χ3n) is 8.16. The van der Waals surface area contributed by atoms with E-state index < -0.39 is 12.1 Å². The maximum Gasteiger partial charge on any atom is 0.407 e. The zero-order valence-electron chi connectivity index (χ0n) is 22.6. The van der Waals surface area contributed by atoms with Crippen LogP contribution in [-0.2, 0) is 20.9 Å². The molecule has 1 saturated carbocycles. The van der Waals surface area contributed by atoms with E-state index in [1.165, 1.54) is 11.1 Å². The number of carbonyl (C=O) groups is 3. The summed E-state index contributed by atoms with van der Waals surface area (Å²) in [7, 11) is 0. The molecule has 5 rings (SSSR count). The Morgan fingerprint density at radius 3 is 2.15 bits per heavy atom. The number of carbonyl (C=O) groups excluding carboxylic acids is 2. The fourth-order valence-corrected chi connectivity index (χ4v) is 6.11. The highest BCUT2D eigenvalue weighted by Gasteiger charge is 2.32. The zero-order valence-corrected chi connectivity index (χ0v) is 22.6. The molecule has 0 heterocycles. The predicted molar refractivity (Wildman–Crippen MR) is 153 cm³/mol. The van der Waals surface area contributed by atoms with Gasteiger partial charge in [-0.15, -0.1) is 0 Å². The fraction of sp³-hybridized carbons (Fsp3) is 0.364. The topological polar surface area (TPSA) is 95.9 Å². The molecule has 3 aromatic rings. The van der Waals surface area contributed by atoms with Crippen molar-refractivity contribution >= 4 is 18.0 Å². The molecule has 3 aromatic carbocycles. The average Bonchev–Trinajstić information content (AvgIpc) is 3.29. The molecule has 0 unspecified atom stereocenters. The first-order valence-corrected chi connectivity index (χ1v) is 14.1. The number of hydrogen-bond donors (Lipinski definition) is 2. The van der Waals surface area contributed by atoms with Crippen LogP contribution in [0.2, 0.25) is 0 Å². The minimum absolute atomic E-state index is 0.0114. The second kappa shape index (κ2) is 12.8. The number of rotatable bonds is 10. The van der Waals surface area contributed by atoms with Gasteiger partial charge in [-0.3, -0.25) is 9.59 Å². The summed E-state index contributed by atoms with van der Waals surface area (Å²) < 4.78 is 5.78. The number of hydrogen-bond acceptors (Lipinski definition) is 4. The zero-order chi connectivity index (χ0) is 27.9. The molecule has 0 aliphatic heterocycles. The Balaban J connectivity index is 1.20. The molecule has 2 N–H and O–H groups in total. The Morgan fingerprint density at radius 2 is 1.48 bits per heavy atom. The molecule has 40 heavy (non-hydrogen) atoms. The number of nitrogens with zero attached hydrogens (tertiary/aromatic N) is 1. The molecule has 2 amide bonds. The number of ether oxygens (including phenoxy) is 1. The SMILES string of the molecule is O=C(O)CCN(Cc1ccccc1)C(=O)C[C@H]1CCCC[C@H]1NC(=O)OCC1c2ccccc2-c2ccccc21. The van der Waals surface area contributed by atoms with E-state index >= 15 is 0 Å². The van der Waals surface area contributed by atoms with Crippen LogP contribution in [0.5, 0.6) is 0 Å². The Kier molecular flexibility index (Phi) is 8.79. The molecule has 0 radical (unpaired) electrons. The van der Waals surface area contributed by atoms with Crippen LogP contribution in [0, 0.1) is 5.92 Å². The normalized spacial score (nSPS) is 17.9.